The number of rotatable bonds is 6. The van der Waals surface area contributed by atoms with Crippen LogP contribution in [0.5, 0.6) is 0 Å². The molecule has 0 spiro atoms. The van der Waals surface area contributed by atoms with Gasteiger partial charge in [0.25, 0.3) is 11.8 Å². The predicted octanol–water partition coefficient (Wildman–Crippen LogP) is 2.47. The molecule has 2 fully saturated rings. The lowest BCUT2D eigenvalue weighted by Crippen LogP contribution is -2.56. The molecule has 2 amide bonds. The van der Waals surface area contributed by atoms with Gasteiger partial charge in [0.2, 0.25) is 11.8 Å². The highest BCUT2D eigenvalue weighted by Crippen LogP contribution is 2.39. The van der Waals surface area contributed by atoms with Crippen LogP contribution < -0.4 is 27.0 Å². The molecule has 2 aromatic rings. The number of aromatic nitrogens is 3. The van der Waals surface area contributed by atoms with Gasteiger partial charge >= 0.3 is 0 Å². The Morgan fingerprint density at radius 2 is 2.05 bits per heavy atom. The molecule has 12 nitrogen and oxygen atoms in total. The number of aliphatic hydroxyl groups is 1. The number of aliphatic hydroxyl groups excluding tert-OH is 1. The van der Waals surface area contributed by atoms with E-state index in [-0.39, 0.29) is 33.7 Å². The van der Waals surface area contributed by atoms with Crippen molar-refractivity contribution in [1.29, 1.82) is 0 Å². The van der Waals surface area contributed by atoms with Gasteiger partial charge in [-0.05, 0) is 56.2 Å². The molecule has 2 saturated heterocycles. The van der Waals surface area contributed by atoms with E-state index in [1.807, 2.05) is 0 Å². The van der Waals surface area contributed by atoms with Crippen molar-refractivity contribution in [3.05, 3.63) is 34.7 Å². The normalized spacial score (nSPS) is 20.9. The summed E-state index contributed by atoms with van der Waals surface area (Å²) in [6, 6.07) is 5.06. The number of carbonyl (C=O) groups excluding carboxylic acids is 2. The van der Waals surface area contributed by atoms with Gasteiger partial charge < -0.3 is 37.0 Å². The standard InChI is InChI=1S/C25H32ClN9O3S/c1-25(13-27)8-11-34(12-9-25)24-31-19(28)22(32-33-24)39-15-6-4-5-14(18(15)26)29-20(36)17-21(37)30-16-7-2-3-10-35(16)23(17)38/h4-6,16,30,37H,2-3,7-13,27H2,1H3,(H,29,36)(H2,28,31,33). The van der Waals surface area contributed by atoms with Gasteiger partial charge in [0, 0.05) is 24.5 Å². The lowest BCUT2D eigenvalue weighted by molar-refractivity contribution is -0.135. The number of hydrogen-bond donors (Lipinski definition) is 5. The molecular formula is C25H32ClN9O3S. The van der Waals surface area contributed by atoms with Gasteiger partial charge in [-0.1, -0.05) is 36.4 Å². The third-order valence-corrected chi connectivity index (χ3v) is 9.14. The Bertz CT molecular complexity index is 1320. The Morgan fingerprint density at radius 1 is 1.28 bits per heavy atom. The molecule has 5 rings (SSSR count). The van der Waals surface area contributed by atoms with E-state index in [0.29, 0.717) is 35.4 Å². The van der Waals surface area contributed by atoms with Crippen molar-refractivity contribution in [2.24, 2.45) is 11.1 Å². The maximum absolute atomic E-state index is 13.0. The number of nitrogen functional groups attached to an aromatic ring is 1. The minimum Gasteiger partial charge on any atom is -0.494 e. The largest absolute Gasteiger partial charge is 0.494 e. The van der Waals surface area contributed by atoms with E-state index in [1.165, 1.54) is 0 Å². The van der Waals surface area contributed by atoms with Crippen molar-refractivity contribution in [1.82, 2.24) is 25.4 Å². The second kappa shape index (κ2) is 11.1. The summed E-state index contributed by atoms with van der Waals surface area (Å²) in [6.45, 7) is 4.90. The van der Waals surface area contributed by atoms with Gasteiger partial charge in [-0.15, -0.1) is 10.2 Å². The number of amides is 2. The fourth-order valence-corrected chi connectivity index (χ4v) is 6.03. The topological polar surface area (TPSA) is 176 Å². The number of piperidine rings is 2. The Labute approximate surface area is 235 Å². The summed E-state index contributed by atoms with van der Waals surface area (Å²) in [6.07, 6.45) is 4.06. The lowest BCUT2D eigenvalue weighted by Gasteiger charge is -2.39. The maximum atomic E-state index is 13.0. The van der Waals surface area contributed by atoms with Crippen LogP contribution in [0.1, 0.15) is 39.0 Å². The van der Waals surface area contributed by atoms with Crippen molar-refractivity contribution in [3.63, 3.8) is 0 Å². The Morgan fingerprint density at radius 3 is 2.77 bits per heavy atom. The lowest BCUT2D eigenvalue weighted by atomic mass is 9.81. The molecule has 3 aliphatic heterocycles. The zero-order chi connectivity index (χ0) is 27.7. The van der Waals surface area contributed by atoms with Crippen LogP contribution in [0.15, 0.2) is 39.6 Å². The predicted molar refractivity (Wildman–Crippen MR) is 149 cm³/mol. The molecule has 208 valence electrons. The summed E-state index contributed by atoms with van der Waals surface area (Å²) < 4.78 is 0. The number of hydrogen-bond acceptors (Lipinski definition) is 11. The van der Waals surface area contributed by atoms with Gasteiger partial charge in [0.15, 0.2) is 16.4 Å². The van der Waals surface area contributed by atoms with Crippen LogP contribution in [0.25, 0.3) is 0 Å². The highest BCUT2D eigenvalue weighted by Gasteiger charge is 2.39. The fraction of sp³-hybridized carbons (Fsp3) is 0.480. The molecule has 1 aromatic heterocycles. The molecule has 1 unspecified atom stereocenters. The zero-order valence-corrected chi connectivity index (χ0v) is 23.2. The summed E-state index contributed by atoms with van der Waals surface area (Å²) in [7, 11) is 0. The van der Waals surface area contributed by atoms with E-state index in [0.717, 1.165) is 50.5 Å². The Balaban J connectivity index is 1.29. The number of nitrogens with zero attached hydrogens (tertiary/aromatic N) is 5. The molecule has 0 radical (unpaired) electrons. The molecule has 39 heavy (non-hydrogen) atoms. The third-order valence-electron chi connectivity index (χ3n) is 7.58. The monoisotopic (exact) mass is 573 g/mol. The quantitative estimate of drug-likeness (QED) is 0.321. The van der Waals surface area contributed by atoms with E-state index in [9.17, 15) is 14.7 Å². The maximum Gasteiger partial charge on any atom is 0.266 e. The number of benzene rings is 1. The van der Waals surface area contributed by atoms with Gasteiger partial charge in [-0.3, -0.25) is 9.59 Å². The molecular weight excluding hydrogens is 542 g/mol. The average Bonchev–Trinajstić information content (AvgIpc) is 2.92. The minimum absolute atomic E-state index is 0.120. The van der Waals surface area contributed by atoms with Crippen molar-refractivity contribution in [3.8, 4) is 0 Å². The van der Waals surface area contributed by atoms with Crippen molar-refractivity contribution in [2.45, 2.75) is 55.1 Å². The number of nitrogens with two attached hydrogens (primary N) is 2. The van der Waals surface area contributed by atoms with E-state index < -0.39 is 17.7 Å². The number of halogens is 1. The van der Waals surface area contributed by atoms with Crippen molar-refractivity contribution < 1.29 is 14.7 Å². The van der Waals surface area contributed by atoms with Crippen LogP contribution in [0.3, 0.4) is 0 Å². The first-order chi connectivity index (χ1) is 18.7. The van der Waals surface area contributed by atoms with Crippen LogP contribution in [0.4, 0.5) is 17.5 Å². The molecule has 0 bridgehead atoms. The first-order valence-corrected chi connectivity index (χ1v) is 14.1. The zero-order valence-electron chi connectivity index (χ0n) is 21.6. The summed E-state index contributed by atoms with van der Waals surface area (Å²) in [4.78, 5) is 34.6. The smallest absolute Gasteiger partial charge is 0.266 e. The molecule has 1 aromatic carbocycles. The average molecular weight is 574 g/mol. The fourth-order valence-electron chi connectivity index (χ4n) is 4.96. The minimum atomic E-state index is -0.754. The van der Waals surface area contributed by atoms with E-state index in [2.05, 4.69) is 37.6 Å². The molecule has 14 heteroatoms. The molecule has 0 saturated carbocycles. The first-order valence-electron chi connectivity index (χ1n) is 12.9. The van der Waals surface area contributed by atoms with Crippen LogP contribution >= 0.6 is 23.4 Å². The van der Waals surface area contributed by atoms with Crippen molar-refractivity contribution >= 4 is 52.6 Å². The second-order valence-electron chi connectivity index (χ2n) is 10.4. The van der Waals surface area contributed by atoms with E-state index in [1.54, 1.807) is 23.1 Å². The molecule has 1 atom stereocenters. The van der Waals surface area contributed by atoms with Crippen LogP contribution in [-0.4, -0.2) is 69.3 Å². The van der Waals surface area contributed by atoms with Crippen LogP contribution in [0.2, 0.25) is 5.02 Å². The van der Waals surface area contributed by atoms with Gasteiger partial charge in [-0.25, -0.2) is 0 Å². The summed E-state index contributed by atoms with van der Waals surface area (Å²) in [5, 5.41) is 25.1. The highest BCUT2D eigenvalue weighted by atomic mass is 35.5. The molecule has 3 aliphatic rings. The van der Waals surface area contributed by atoms with Crippen LogP contribution in [0, 0.1) is 5.41 Å². The third kappa shape index (κ3) is 5.56. The summed E-state index contributed by atoms with van der Waals surface area (Å²) >= 11 is 7.78. The molecule has 4 heterocycles. The van der Waals surface area contributed by atoms with Gasteiger partial charge in [0.1, 0.15) is 6.17 Å². The van der Waals surface area contributed by atoms with Gasteiger partial charge in [0.05, 0.1) is 10.7 Å². The number of fused-ring (bicyclic) bond motifs is 1. The Kier molecular flexibility index (Phi) is 7.74. The van der Waals surface area contributed by atoms with Crippen molar-refractivity contribution in [2.75, 3.05) is 42.1 Å². The van der Waals surface area contributed by atoms with Gasteiger partial charge in [-0.2, -0.15) is 4.98 Å². The molecule has 7 N–H and O–H groups in total. The van der Waals surface area contributed by atoms with E-state index >= 15 is 0 Å². The summed E-state index contributed by atoms with van der Waals surface area (Å²) in [5.41, 5.74) is 12.2. The highest BCUT2D eigenvalue weighted by molar-refractivity contribution is 7.99. The number of anilines is 3. The second-order valence-corrected chi connectivity index (χ2v) is 11.8. The first kappa shape index (κ1) is 27.3. The SMILES string of the molecule is CC1(CN)CCN(c2nnc(Sc3cccc(NC(=O)C4=C(O)NC5CCCCN5C4=O)c3Cl)c(N)n2)CC1. The number of nitrogens with one attached hydrogen (secondary N) is 2. The number of carbonyl (C=O) groups is 2. The van der Waals surface area contributed by atoms with E-state index in [4.69, 9.17) is 23.1 Å². The molecule has 0 aliphatic carbocycles. The summed E-state index contributed by atoms with van der Waals surface area (Å²) in [5.74, 6) is -1.01. The Hall–Kier alpha value is -3.29. The van der Waals surface area contributed by atoms with Crippen LogP contribution in [-0.2, 0) is 9.59 Å².